The van der Waals surface area contributed by atoms with Gasteiger partial charge in [0.1, 0.15) is 4.84 Å². The van der Waals surface area contributed by atoms with Crippen LogP contribution in [-0.2, 0) is 4.74 Å². The molecule has 0 radical (unpaired) electrons. The maximum Gasteiger partial charge on any atom is 0.407 e. The number of rotatable bonds is 0. The number of halogens is 6. The van der Waals surface area contributed by atoms with E-state index >= 15 is 0 Å². The van der Waals surface area contributed by atoms with Crippen molar-refractivity contribution < 1.29 is 9.53 Å². The number of alkyl halides is 5. The quantitative estimate of drug-likeness (QED) is 0.486. The van der Waals surface area contributed by atoms with Crippen LogP contribution in [0.4, 0.5) is 4.79 Å². The highest BCUT2D eigenvalue weighted by Crippen LogP contribution is 2.27. The average Bonchev–Trinajstić information content (AvgIpc) is 1.52. The molecule has 0 heterocycles. The van der Waals surface area contributed by atoms with Crippen molar-refractivity contribution in [3.05, 3.63) is 0 Å². The second-order valence-electron chi connectivity index (χ2n) is 1.30. The van der Waals surface area contributed by atoms with Gasteiger partial charge in [-0.15, -0.1) is 23.2 Å². The molecule has 0 aliphatic heterocycles. The van der Waals surface area contributed by atoms with Gasteiger partial charge in [-0.25, -0.2) is 4.79 Å². The van der Waals surface area contributed by atoms with Gasteiger partial charge >= 0.3 is 9.41 Å². The zero-order valence-electron chi connectivity index (χ0n) is 5.66. The Morgan fingerprint density at radius 3 is 1.58 bits per heavy atom. The summed E-state index contributed by atoms with van der Waals surface area (Å²) in [5.74, 6) is 0. The Hall–Kier alpha value is 1.21. The number of hydrogen-bond donors (Lipinski definition) is 0. The lowest BCUT2D eigenvalue weighted by atomic mass is 11.0. The first kappa shape index (κ1) is 15.7. The van der Waals surface area contributed by atoms with E-state index in [2.05, 4.69) is 16.3 Å². The van der Waals surface area contributed by atoms with Crippen LogP contribution in [0.1, 0.15) is 6.92 Å². The van der Waals surface area contributed by atoms with Gasteiger partial charge in [0.15, 0.2) is 0 Å². The Morgan fingerprint density at radius 1 is 1.33 bits per heavy atom. The fourth-order valence-electron chi connectivity index (χ4n) is 0.0910. The summed E-state index contributed by atoms with van der Waals surface area (Å²) in [5.41, 5.74) is -1.15. The van der Waals surface area contributed by atoms with Gasteiger partial charge in [0, 0.05) is 11.6 Å². The summed E-state index contributed by atoms with van der Waals surface area (Å²) in [7, 11) is 0. The number of carbonyl (C=O) groups is 1. The Balaban J connectivity index is 0. The smallest absolute Gasteiger partial charge is 0.402 e. The molecule has 2 nitrogen and oxygen atoms in total. The molecule has 0 bridgehead atoms. The summed E-state index contributed by atoms with van der Waals surface area (Å²) in [6.45, 7) is 1.70. The Labute approximate surface area is 99.9 Å². The van der Waals surface area contributed by atoms with Crippen molar-refractivity contribution in [3.63, 3.8) is 0 Å². The van der Waals surface area contributed by atoms with Crippen molar-refractivity contribution in [2.24, 2.45) is 0 Å². The van der Waals surface area contributed by atoms with Gasteiger partial charge in [-0.3, -0.25) is 0 Å². The van der Waals surface area contributed by atoms with Crippen LogP contribution in [-0.4, -0.2) is 14.2 Å². The molecule has 0 aromatic carbocycles. The molecule has 0 aliphatic carbocycles. The first-order valence-electron chi connectivity index (χ1n) is 2.38. The largest absolute Gasteiger partial charge is 0.407 e. The van der Waals surface area contributed by atoms with E-state index in [0.717, 1.165) is 0 Å². The molecule has 12 heavy (non-hydrogen) atoms. The molecule has 0 amide bonds. The summed E-state index contributed by atoms with van der Waals surface area (Å²) in [4.78, 5) is 9.53. The third kappa shape index (κ3) is 30.3. The monoisotopic (exact) mass is 294 g/mol. The molecular formula is C4H4Cl6O2. The molecule has 0 saturated heterocycles. The fourth-order valence-corrected chi connectivity index (χ4v) is 0.535. The van der Waals surface area contributed by atoms with E-state index in [1.165, 1.54) is 0 Å². The predicted octanol–water partition coefficient (Wildman–Crippen LogP) is 4.50. The molecule has 8 heteroatoms. The molecule has 0 aromatic heterocycles. The van der Waals surface area contributed by atoms with Gasteiger partial charge < -0.3 is 4.74 Å². The summed E-state index contributed by atoms with van der Waals surface area (Å²) in [6.07, 6.45) is 0. The highest BCUT2D eigenvalue weighted by atomic mass is 35.6. The van der Waals surface area contributed by atoms with Crippen molar-refractivity contribution in [1.82, 2.24) is 0 Å². The lowest BCUT2D eigenvalue weighted by molar-refractivity contribution is 0.172. The normalized spacial score (nSPS) is 10.3. The lowest BCUT2D eigenvalue weighted by Crippen LogP contribution is -2.09. The van der Waals surface area contributed by atoms with Crippen LogP contribution in [0, 0.1) is 0 Å². The second kappa shape index (κ2) is 7.60. The first-order chi connectivity index (χ1) is 5.15. The molecule has 0 aliphatic rings. The van der Waals surface area contributed by atoms with E-state index in [1.807, 2.05) is 0 Å². The molecule has 74 valence electrons. The van der Waals surface area contributed by atoms with Crippen LogP contribution >= 0.6 is 69.6 Å². The molecule has 0 N–H and O–H groups in total. The first-order valence-corrected chi connectivity index (χ1v) is 4.77. The lowest BCUT2D eigenvalue weighted by Gasteiger charge is -2.06. The van der Waals surface area contributed by atoms with Crippen LogP contribution in [0.25, 0.3) is 0 Å². The maximum atomic E-state index is 9.75. The van der Waals surface area contributed by atoms with Gasteiger partial charge in [0.2, 0.25) is 0 Å². The molecule has 0 saturated carbocycles. The van der Waals surface area contributed by atoms with Gasteiger partial charge in [-0.05, 0) is 41.7 Å². The van der Waals surface area contributed by atoms with Gasteiger partial charge in [-0.1, -0.05) is 0 Å². The van der Waals surface area contributed by atoms with E-state index in [9.17, 15) is 4.79 Å². The van der Waals surface area contributed by atoms with Gasteiger partial charge in [0.05, 0.1) is 0 Å². The van der Waals surface area contributed by atoms with Gasteiger partial charge in [0.25, 0.3) is 0 Å². The van der Waals surface area contributed by atoms with E-state index in [0.29, 0.717) is 0 Å². The topological polar surface area (TPSA) is 26.3 Å². The van der Waals surface area contributed by atoms with Crippen molar-refractivity contribution in [2.75, 3.05) is 0 Å². The van der Waals surface area contributed by atoms with Crippen LogP contribution in [0.2, 0.25) is 0 Å². The summed E-state index contributed by atoms with van der Waals surface area (Å²) < 4.78 is 1.82. The Kier molecular flexibility index (Phi) is 9.92. The second-order valence-corrected chi connectivity index (χ2v) is 5.32. The third-order valence-corrected chi connectivity index (χ3v) is 0.505. The average molecular weight is 297 g/mol. The van der Waals surface area contributed by atoms with Crippen LogP contribution in [0.15, 0.2) is 0 Å². The summed E-state index contributed by atoms with van der Waals surface area (Å²) in [6, 6.07) is 0. The third-order valence-electron chi connectivity index (χ3n) is 0.196. The fraction of sp³-hybridized carbons (Fsp3) is 0.750. The number of ether oxygens (including phenoxy) is 1. The molecule has 0 fully saturated rings. The number of hydrogen-bond acceptors (Lipinski definition) is 2. The number of carbonyl (C=O) groups excluding carboxylic acids is 1. The van der Waals surface area contributed by atoms with Crippen LogP contribution < -0.4 is 0 Å². The van der Waals surface area contributed by atoms with Gasteiger partial charge in [-0.2, -0.15) is 0 Å². The van der Waals surface area contributed by atoms with Crippen LogP contribution in [0.3, 0.4) is 0 Å². The zero-order valence-corrected chi connectivity index (χ0v) is 10.2. The van der Waals surface area contributed by atoms with E-state index in [1.54, 1.807) is 6.92 Å². The molecule has 0 unspecified atom stereocenters. The standard InChI is InChI=1S/C2Cl4O2.C2H4Cl2/c3-1(7)8-2(4,5)6;1-2(3)4/h;2H,1H3. The van der Waals surface area contributed by atoms with Crippen molar-refractivity contribution >= 4 is 75.0 Å². The Morgan fingerprint density at radius 2 is 1.58 bits per heavy atom. The van der Waals surface area contributed by atoms with E-state index < -0.39 is 9.41 Å². The maximum absolute atomic E-state index is 9.75. The van der Waals surface area contributed by atoms with Crippen LogP contribution in [0.5, 0.6) is 0 Å². The summed E-state index contributed by atoms with van der Waals surface area (Å²) in [5, 5.41) is 0. The predicted molar refractivity (Wildman–Crippen MR) is 53.8 cm³/mol. The minimum absolute atomic E-state index is 0.222. The summed E-state index contributed by atoms with van der Waals surface area (Å²) >= 11 is 29.5. The SMILES string of the molecule is CC(Cl)Cl.O=C(Cl)OC(Cl)(Cl)Cl. The molecular weight excluding hydrogens is 293 g/mol. The van der Waals surface area contributed by atoms with Crippen molar-refractivity contribution in [1.29, 1.82) is 0 Å². The van der Waals surface area contributed by atoms with E-state index in [-0.39, 0.29) is 4.84 Å². The minimum Gasteiger partial charge on any atom is -0.402 e. The minimum atomic E-state index is -2.04. The Bertz CT molecular complexity index is 127. The molecule has 0 spiro atoms. The van der Waals surface area contributed by atoms with Crippen molar-refractivity contribution in [2.45, 2.75) is 15.7 Å². The molecule has 0 rings (SSSR count). The highest BCUT2D eigenvalue weighted by Gasteiger charge is 2.23. The van der Waals surface area contributed by atoms with Crippen molar-refractivity contribution in [3.8, 4) is 0 Å². The molecule has 0 atom stereocenters. The zero-order chi connectivity index (χ0) is 10.4. The molecule has 0 aromatic rings. The highest BCUT2D eigenvalue weighted by molar-refractivity contribution is 6.69. The van der Waals surface area contributed by atoms with E-state index in [4.69, 9.17) is 58.0 Å².